The second kappa shape index (κ2) is 10.6. The predicted octanol–water partition coefficient (Wildman–Crippen LogP) is 5.63. The van der Waals surface area contributed by atoms with E-state index in [1.807, 2.05) is 54.3 Å². The third-order valence-corrected chi connectivity index (χ3v) is 6.18. The summed E-state index contributed by atoms with van der Waals surface area (Å²) < 4.78 is 5.27. The van der Waals surface area contributed by atoms with Crippen molar-refractivity contribution in [2.75, 3.05) is 30.4 Å². The van der Waals surface area contributed by atoms with Crippen LogP contribution in [-0.2, 0) is 17.8 Å². The minimum Gasteiger partial charge on any atom is -0.497 e. The number of carbonyl (C=O) groups excluding carboxylic acids is 2. The van der Waals surface area contributed by atoms with Crippen LogP contribution in [0.25, 0.3) is 0 Å². The van der Waals surface area contributed by atoms with Crippen LogP contribution in [0.2, 0.25) is 0 Å². The molecule has 1 fully saturated rings. The molecule has 0 saturated carbocycles. The van der Waals surface area contributed by atoms with Gasteiger partial charge in [0.25, 0.3) is 0 Å². The van der Waals surface area contributed by atoms with Gasteiger partial charge in [-0.1, -0.05) is 47.5 Å². The van der Waals surface area contributed by atoms with Gasteiger partial charge in [-0.15, -0.1) is 0 Å². The van der Waals surface area contributed by atoms with Crippen molar-refractivity contribution in [2.45, 2.75) is 40.2 Å². The van der Waals surface area contributed by atoms with Crippen molar-refractivity contribution in [1.82, 2.24) is 4.90 Å². The van der Waals surface area contributed by atoms with Crippen molar-refractivity contribution in [3.63, 3.8) is 0 Å². The normalized spacial score (nSPS) is 13.7. The molecule has 0 aliphatic carbocycles. The van der Waals surface area contributed by atoms with Gasteiger partial charge in [0, 0.05) is 19.6 Å². The van der Waals surface area contributed by atoms with Gasteiger partial charge in [-0.05, 0) is 68.1 Å². The number of ether oxygens (including phenoxy) is 1. The van der Waals surface area contributed by atoms with Gasteiger partial charge >= 0.3 is 6.03 Å². The number of urea groups is 1. The lowest BCUT2D eigenvalue weighted by molar-refractivity contribution is -0.115. The average Bonchev–Trinajstić information content (AvgIpc) is 2.80. The summed E-state index contributed by atoms with van der Waals surface area (Å²) >= 11 is 0. The molecule has 0 unspecified atom stereocenters. The lowest BCUT2D eigenvalue weighted by Gasteiger charge is -2.36. The van der Waals surface area contributed by atoms with Gasteiger partial charge in [-0.25, -0.2) is 4.79 Å². The van der Waals surface area contributed by atoms with Gasteiger partial charge in [0.2, 0.25) is 5.91 Å². The minimum absolute atomic E-state index is 0.0393. The van der Waals surface area contributed by atoms with Crippen molar-refractivity contribution in [2.24, 2.45) is 0 Å². The first-order valence-electron chi connectivity index (χ1n) is 12.0. The largest absolute Gasteiger partial charge is 0.497 e. The Hall–Kier alpha value is -3.80. The van der Waals surface area contributed by atoms with Crippen LogP contribution in [0.4, 0.5) is 16.2 Å². The highest BCUT2D eigenvalue weighted by Gasteiger charge is 2.28. The summed E-state index contributed by atoms with van der Waals surface area (Å²) in [4.78, 5) is 30.1. The molecule has 4 rings (SSSR count). The van der Waals surface area contributed by atoms with Crippen LogP contribution in [0, 0.1) is 20.8 Å². The molecule has 6 heteroatoms. The Morgan fingerprint density at radius 3 is 2.43 bits per heavy atom. The lowest BCUT2D eigenvalue weighted by atomic mass is 10.1. The summed E-state index contributed by atoms with van der Waals surface area (Å²) in [5, 5.41) is 3.04. The quantitative estimate of drug-likeness (QED) is 0.486. The number of hydrogen-bond donors (Lipinski definition) is 1. The smallest absolute Gasteiger partial charge is 0.324 e. The average molecular weight is 472 g/mol. The number of carbonyl (C=O) groups is 2. The minimum atomic E-state index is -0.137. The highest BCUT2D eigenvalue weighted by molar-refractivity contribution is 6.01. The first-order valence-corrected chi connectivity index (χ1v) is 12.0. The van der Waals surface area contributed by atoms with Crippen LogP contribution < -0.4 is 15.0 Å². The summed E-state index contributed by atoms with van der Waals surface area (Å²) in [5.74, 6) is 0.580. The molecule has 1 heterocycles. The fraction of sp³-hybridized carbons (Fsp3) is 0.310. The molecule has 0 aromatic heterocycles. The summed E-state index contributed by atoms with van der Waals surface area (Å²) in [6.45, 7) is 8.03. The SMILES string of the molecule is COc1cccc(CC(=O)Nc2cc(C)ccc2N2CCCN(Cc3cc(C)cc(C)c3)C2=O)c1. The van der Waals surface area contributed by atoms with Gasteiger partial charge in [0.1, 0.15) is 5.75 Å². The number of nitrogens with zero attached hydrogens (tertiary/aromatic N) is 2. The Morgan fingerprint density at radius 2 is 1.69 bits per heavy atom. The summed E-state index contributed by atoms with van der Waals surface area (Å²) in [6.07, 6.45) is 1.08. The second-order valence-corrected chi connectivity index (χ2v) is 9.30. The summed E-state index contributed by atoms with van der Waals surface area (Å²) in [7, 11) is 1.61. The Kier molecular flexibility index (Phi) is 7.39. The molecule has 0 spiro atoms. The summed E-state index contributed by atoms with van der Waals surface area (Å²) in [5.41, 5.74) is 6.78. The third-order valence-electron chi connectivity index (χ3n) is 6.18. The van der Waals surface area contributed by atoms with Crippen molar-refractivity contribution < 1.29 is 14.3 Å². The highest BCUT2D eigenvalue weighted by atomic mass is 16.5. The molecule has 0 radical (unpaired) electrons. The van der Waals surface area contributed by atoms with Crippen LogP contribution in [-0.4, -0.2) is 37.0 Å². The molecule has 0 bridgehead atoms. The number of amides is 3. The number of nitrogens with one attached hydrogen (secondary N) is 1. The maximum absolute atomic E-state index is 13.5. The fourth-order valence-electron chi connectivity index (χ4n) is 4.68. The van der Waals surface area contributed by atoms with E-state index in [2.05, 4.69) is 37.4 Å². The van der Waals surface area contributed by atoms with E-state index in [0.717, 1.165) is 28.8 Å². The lowest BCUT2D eigenvalue weighted by Crippen LogP contribution is -2.49. The van der Waals surface area contributed by atoms with Gasteiger partial charge in [-0.2, -0.15) is 0 Å². The first kappa shape index (κ1) is 24.3. The standard InChI is InChI=1S/C29H33N3O3/c1-20-9-10-27(26(16-20)30-28(33)18-23-7-5-8-25(17-23)35-4)32-12-6-11-31(29(32)34)19-24-14-21(2)13-22(3)15-24/h5,7-10,13-17H,6,11-12,18-19H2,1-4H3,(H,30,33). The zero-order valence-electron chi connectivity index (χ0n) is 20.9. The van der Waals surface area contributed by atoms with Crippen molar-refractivity contribution in [1.29, 1.82) is 0 Å². The number of aryl methyl sites for hydroxylation is 3. The van der Waals surface area contributed by atoms with E-state index in [4.69, 9.17) is 4.74 Å². The van der Waals surface area contributed by atoms with Crippen molar-refractivity contribution in [3.8, 4) is 5.75 Å². The van der Waals surface area contributed by atoms with Crippen LogP contribution in [0.3, 0.4) is 0 Å². The zero-order valence-corrected chi connectivity index (χ0v) is 20.9. The van der Waals surface area contributed by atoms with E-state index in [-0.39, 0.29) is 18.4 Å². The van der Waals surface area contributed by atoms with E-state index >= 15 is 0 Å². The maximum Gasteiger partial charge on any atom is 0.324 e. The molecular formula is C29H33N3O3. The highest BCUT2D eigenvalue weighted by Crippen LogP contribution is 2.31. The Morgan fingerprint density at radius 1 is 0.914 bits per heavy atom. The molecule has 3 aromatic rings. The molecule has 1 N–H and O–H groups in total. The molecule has 1 aliphatic rings. The van der Waals surface area contributed by atoms with Crippen molar-refractivity contribution >= 4 is 23.3 Å². The second-order valence-electron chi connectivity index (χ2n) is 9.30. The zero-order chi connectivity index (χ0) is 24.9. The van der Waals surface area contributed by atoms with E-state index in [1.165, 1.54) is 11.1 Å². The van der Waals surface area contributed by atoms with E-state index in [0.29, 0.717) is 31.1 Å². The predicted molar refractivity (Wildman–Crippen MR) is 140 cm³/mol. The number of anilines is 2. The maximum atomic E-state index is 13.5. The molecular weight excluding hydrogens is 438 g/mol. The van der Waals surface area contributed by atoms with E-state index in [9.17, 15) is 9.59 Å². The van der Waals surface area contributed by atoms with Crippen LogP contribution >= 0.6 is 0 Å². The monoisotopic (exact) mass is 471 g/mol. The molecule has 182 valence electrons. The molecule has 3 amide bonds. The molecule has 1 saturated heterocycles. The Labute approximate surface area is 207 Å². The number of methoxy groups -OCH3 is 1. The van der Waals surface area contributed by atoms with Crippen LogP contribution in [0.5, 0.6) is 5.75 Å². The first-order chi connectivity index (χ1) is 16.8. The van der Waals surface area contributed by atoms with Crippen molar-refractivity contribution in [3.05, 3.63) is 88.5 Å². The molecule has 35 heavy (non-hydrogen) atoms. The van der Waals surface area contributed by atoms with Crippen LogP contribution in [0.1, 0.15) is 34.2 Å². The number of rotatable bonds is 7. The van der Waals surface area contributed by atoms with E-state index < -0.39 is 0 Å². The molecule has 3 aromatic carbocycles. The van der Waals surface area contributed by atoms with E-state index in [1.54, 1.807) is 12.0 Å². The third kappa shape index (κ3) is 6.01. The van der Waals surface area contributed by atoms with Gasteiger partial charge in [0.05, 0.1) is 24.9 Å². The number of hydrogen-bond acceptors (Lipinski definition) is 3. The molecule has 6 nitrogen and oxygen atoms in total. The topological polar surface area (TPSA) is 61.9 Å². The fourth-order valence-corrected chi connectivity index (χ4v) is 4.68. The Balaban J connectivity index is 1.53. The van der Waals surface area contributed by atoms with Gasteiger partial charge in [0.15, 0.2) is 0 Å². The number of benzene rings is 3. The molecule has 0 atom stereocenters. The van der Waals surface area contributed by atoms with Gasteiger partial charge in [-0.3, -0.25) is 9.69 Å². The van der Waals surface area contributed by atoms with Crippen LogP contribution in [0.15, 0.2) is 60.7 Å². The molecule has 1 aliphatic heterocycles. The Bertz CT molecular complexity index is 1220. The summed E-state index contributed by atoms with van der Waals surface area (Å²) in [6, 6.07) is 19.7. The van der Waals surface area contributed by atoms with Gasteiger partial charge < -0.3 is 15.0 Å².